The number of hydrogen-bond acceptors (Lipinski definition) is 5. The summed E-state index contributed by atoms with van der Waals surface area (Å²) in [5, 5.41) is 1.14. The number of carbonyl (C=O) groups is 2. The van der Waals surface area contributed by atoms with Gasteiger partial charge in [-0.3, -0.25) is 9.59 Å². The summed E-state index contributed by atoms with van der Waals surface area (Å²) in [5.74, 6) is -1.16. The van der Waals surface area contributed by atoms with Crippen molar-refractivity contribution in [2.75, 3.05) is 7.11 Å². The molecule has 1 atom stereocenters. The van der Waals surface area contributed by atoms with E-state index in [1.54, 1.807) is 18.2 Å². The highest BCUT2D eigenvalue weighted by atomic mass is 32.1. The van der Waals surface area contributed by atoms with Gasteiger partial charge in [0.1, 0.15) is 6.29 Å². The topological polar surface area (TPSA) is 60.4 Å². The maximum atomic E-state index is 12.9. The summed E-state index contributed by atoms with van der Waals surface area (Å²) in [5.41, 5.74) is 0.469. The van der Waals surface area contributed by atoms with Crippen LogP contribution in [0.15, 0.2) is 47.3 Å². The Hall–Kier alpha value is -2.53. The molecule has 4 nitrogen and oxygen atoms in total. The number of hydrogen-bond donors (Lipinski definition) is 0. The average Bonchev–Trinajstić information content (AvgIpc) is 2.59. The smallest absolute Gasteiger partial charge is 0.306 e. The Labute approximate surface area is 136 Å². The fraction of sp³-hybridized carbons (Fsp3) is 0.167. The quantitative estimate of drug-likeness (QED) is 0.419. The van der Waals surface area contributed by atoms with Crippen molar-refractivity contribution < 1.29 is 14.3 Å². The molecule has 5 heteroatoms. The molecule has 2 aromatic carbocycles. The van der Waals surface area contributed by atoms with Crippen molar-refractivity contribution in [2.45, 2.75) is 12.3 Å². The first kappa shape index (κ1) is 15.4. The SMILES string of the molecule is COC(=O)CC(C=O)c1cccc2sc3ccccc3c(=O)c12. The molecule has 0 saturated carbocycles. The van der Waals surface area contributed by atoms with Gasteiger partial charge in [-0.25, -0.2) is 0 Å². The van der Waals surface area contributed by atoms with E-state index >= 15 is 0 Å². The number of methoxy groups -OCH3 is 1. The van der Waals surface area contributed by atoms with E-state index in [9.17, 15) is 14.4 Å². The molecule has 1 unspecified atom stereocenters. The third-order valence-electron chi connectivity index (χ3n) is 3.82. The molecule has 3 aromatic rings. The molecule has 0 bridgehead atoms. The summed E-state index contributed by atoms with van der Waals surface area (Å²) in [4.78, 5) is 35.9. The summed E-state index contributed by atoms with van der Waals surface area (Å²) < 4.78 is 6.35. The fourth-order valence-electron chi connectivity index (χ4n) is 2.68. The molecule has 0 aliphatic heterocycles. The Morgan fingerprint density at radius 1 is 1.17 bits per heavy atom. The monoisotopic (exact) mass is 326 g/mol. The summed E-state index contributed by atoms with van der Waals surface area (Å²) in [6, 6.07) is 12.8. The van der Waals surface area contributed by atoms with Crippen LogP contribution in [0.25, 0.3) is 20.2 Å². The largest absolute Gasteiger partial charge is 0.469 e. The van der Waals surface area contributed by atoms with Gasteiger partial charge in [0.05, 0.1) is 19.4 Å². The highest BCUT2D eigenvalue weighted by molar-refractivity contribution is 7.24. The van der Waals surface area contributed by atoms with E-state index in [1.807, 2.05) is 24.3 Å². The lowest BCUT2D eigenvalue weighted by Gasteiger charge is -2.12. The van der Waals surface area contributed by atoms with Gasteiger partial charge in [-0.05, 0) is 23.8 Å². The van der Waals surface area contributed by atoms with Crippen LogP contribution in [0.3, 0.4) is 0 Å². The van der Waals surface area contributed by atoms with Crippen LogP contribution in [0.1, 0.15) is 17.9 Å². The van der Waals surface area contributed by atoms with Crippen molar-refractivity contribution in [3.05, 3.63) is 58.3 Å². The number of fused-ring (bicyclic) bond motifs is 2. The third-order valence-corrected chi connectivity index (χ3v) is 4.95. The van der Waals surface area contributed by atoms with Gasteiger partial charge >= 0.3 is 5.97 Å². The Morgan fingerprint density at radius 3 is 2.65 bits per heavy atom. The normalized spacial score (nSPS) is 12.2. The summed E-state index contributed by atoms with van der Waals surface area (Å²) in [6.45, 7) is 0. The van der Waals surface area contributed by atoms with Crippen molar-refractivity contribution >= 4 is 43.8 Å². The lowest BCUT2D eigenvalue weighted by Crippen LogP contribution is -2.13. The molecule has 0 aliphatic carbocycles. The molecule has 116 valence electrons. The Balaban J connectivity index is 2.29. The second-order valence-electron chi connectivity index (χ2n) is 5.17. The van der Waals surface area contributed by atoms with Gasteiger partial charge < -0.3 is 9.53 Å². The minimum absolute atomic E-state index is 0.0734. The van der Waals surface area contributed by atoms with E-state index in [2.05, 4.69) is 4.74 Å². The van der Waals surface area contributed by atoms with Crippen molar-refractivity contribution in [3.8, 4) is 0 Å². The Bertz CT molecular complexity index is 958. The second-order valence-corrected chi connectivity index (χ2v) is 6.25. The molecule has 1 aromatic heterocycles. The number of rotatable bonds is 4. The first-order valence-corrected chi connectivity index (χ1v) is 7.94. The summed E-state index contributed by atoms with van der Waals surface area (Å²) in [6.07, 6.45) is 0.626. The van der Waals surface area contributed by atoms with Crippen LogP contribution in [0.5, 0.6) is 0 Å². The lowest BCUT2D eigenvalue weighted by atomic mass is 9.93. The van der Waals surface area contributed by atoms with Gasteiger partial charge in [0.25, 0.3) is 0 Å². The summed E-state index contributed by atoms with van der Waals surface area (Å²) in [7, 11) is 1.28. The molecular weight excluding hydrogens is 312 g/mol. The van der Waals surface area contributed by atoms with Crippen LogP contribution in [-0.2, 0) is 14.3 Å². The number of aldehydes is 1. The zero-order valence-corrected chi connectivity index (χ0v) is 13.3. The van der Waals surface area contributed by atoms with Crippen molar-refractivity contribution in [3.63, 3.8) is 0 Å². The maximum absolute atomic E-state index is 12.9. The zero-order valence-electron chi connectivity index (χ0n) is 12.4. The standard InChI is InChI=1S/C18H14O4S/c1-22-16(20)9-11(10-19)12-6-4-8-15-17(12)18(21)13-5-2-3-7-14(13)23-15/h2-8,10-11H,9H2,1H3. The molecule has 0 N–H and O–H groups in total. The molecular formula is C18H14O4S. The van der Waals surface area contributed by atoms with Crippen molar-refractivity contribution in [1.29, 1.82) is 0 Å². The van der Waals surface area contributed by atoms with Gasteiger partial charge in [0.15, 0.2) is 5.43 Å². The molecule has 0 aliphatic rings. The molecule has 1 heterocycles. The van der Waals surface area contributed by atoms with Crippen LogP contribution in [-0.4, -0.2) is 19.4 Å². The van der Waals surface area contributed by atoms with E-state index in [-0.39, 0.29) is 11.8 Å². The number of esters is 1. The Morgan fingerprint density at radius 2 is 1.91 bits per heavy atom. The molecule has 0 radical (unpaired) electrons. The van der Waals surface area contributed by atoms with Crippen LogP contribution in [0, 0.1) is 0 Å². The highest BCUT2D eigenvalue weighted by Crippen LogP contribution is 2.30. The predicted octanol–water partition coefficient (Wildman–Crippen LogP) is 3.26. The molecule has 0 spiro atoms. The van der Waals surface area contributed by atoms with E-state index in [0.29, 0.717) is 22.6 Å². The molecule has 23 heavy (non-hydrogen) atoms. The lowest BCUT2D eigenvalue weighted by molar-refractivity contribution is -0.141. The van der Waals surface area contributed by atoms with Crippen LogP contribution in [0.2, 0.25) is 0 Å². The van der Waals surface area contributed by atoms with Crippen LogP contribution < -0.4 is 5.43 Å². The third kappa shape index (κ3) is 2.75. The first-order chi connectivity index (χ1) is 11.2. The average molecular weight is 326 g/mol. The Kier molecular flexibility index (Phi) is 4.21. The second kappa shape index (κ2) is 6.30. The van der Waals surface area contributed by atoms with Gasteiger partial charge in [0, 0.05) is 20.2 Å². The van der Waals surface area contributed by atoms with E-state index in [0.717, 1.165) is 9.40 Å². The molecule has 0 fully saturated rings. The number of ether oxygens (including phenoxy) is 1. The van der Waals surface area contributed by atoms with Crippen molar-refractivity contribution in [1.82, 2.24) is 0 Å². The van der Waals surface area contributed by atoms with E-state index in [1.165, 1.54) is 18.4 Å². The van der Waals surface area contributed by atoms with Crippen LogP contribution >= 0.6 is 11.3 Å². The molecule has 0 amide bonds. The van der Waals surface area contributed by atoms with Gasteiger partial charge in [-0.1, -0.05) is 24.3 Å². The number of benzene rings is 2. The van der Waals surface area contributed by atoms with Gasteiger partial charge in [0.2, 0.25) is 0 Å². The maximum Gasteiger partial charge on any atom is 0.306 e. The minimum atomic E-state index is -0.688. The first-order valence-electron chi connectivity index (χ1n) is 7.12. The zero-order chi connectivity index (χ0) is 16.4. The van der Waals surface area contributed by atoms with Gasteiger partial charge in [-0.15, -0.1) is 11.3 Å². The fourth-order valence-corrected chi connectivity index (χ4v) is 3.79. The van der Waals surface area contributed by atoms with Crippen LogP contribution in [0.4, 0.5) is 0 Å². The highest BCUT2D eigenvalue weighted by Gasteiger charge is 2.20. The van der Waals surface area contributed by atoms with Crippen molar-refractivity contribution in [2.24, 2.45) is 0 Å². The minimum Gasteiger partial charge on any atom is -0.469 e. The molecule has 3 rings (SSSR count). The molecule has 0 saturated heterocycles. The van der Waals surface area contributed by atoms with E-state index < -0.39 is 11.9 Å². The summed E-state index contributed by atoms with van der Waals surface area (Å²) >= 11 is 1.50. The van der Waals surface area contributed by atoms with E-state index in [4.69, 9.17) is 0 Å². The number of carbonyl (C=O) groups excluding carboxylic acids is 2. The predicted molar refractivity (Wildman–Crippen MR) is 91.0 cm³/mol. The van der Waals surface area contributed by atoms with Gasteiger partial charge in [-0.2, -0.15) is 0 Å².